The van der Waals surface area contributed by atoms with Crippen LogP contribution in [0.1, 0.15) is 92.4 Å². The second-order valence-electron chi connectivity index (χ2n) is 11.8. The van der Waals surface area contributed by atoms with Gasteiger partial charge < -0.3 is 10.2 Å². The van der Waals surface area contributed by atoms with Gasteiger partial charge in [-0.3, -0.25) is 0 Å². The summed E-state index contributed by atoms with van der Waals surface area (Å²) in [7, 11) is 0. The minimum absolute atomic E-state index is 0.0848. The van der Waals surface area contributed by atoms with Crippen LogP contribution in [0.3, 0.4) is 0 Å². The summed E-state index contributed by atoms with van der Waals surface area (Å²) in [6.07, 6.45) is 14.6. The molecule has 4 aliphatic carbocycles. The molecule has 0 aromatic carbocycles. The summed E-state index contributed by atoms with van der Waals surface area (Å²) < 4.78 is 0. The van der Waals surface area contributed by atoms with Crippen molar-refractivity contribution in [2.75, 3.05) is 0 Å². The highest BCUT2D eigenvalue weighted by molar-refractivity contribution is 5.26. The van der Waals surface area contributed by atoms with Crippen molar-refractivity contribution in [3.8, 4) is 0 Å². The fraction of sp³-hybridized carbons (Fsp3) is 0.852. The van der Waals surface area contributed by atoms with E-state index in [0.29, 0.717) is 23.7 Å². The van der Waals surface area contributed by atoms with Gasteiger partial charge >= 0.3 is 0 Å². The summed E-state index contributed by atoms with van der Waals surface area (Å²) in [6, 6.07) is 0. The molecule has 2 heteroatoms. The Kier molecular flexibility index (Phi) is 5.84. The number of allylic oxidation sites excluding steroid dienone is 3. The third kappa shape index (κ3) is 3.47. The Morgan fingerprint density at radius 2 is 1.93 bits per heavy atom. The van der Waals surface area contributed by atoms with Crippen molar-refractivity contribution in [3.63, 3.8) is 0 Å². The molecule has 0 aromatic rings. The predicted octanol–water partition coefficient (Wildman–Crippen LogP) is 6.28. The van der Waals surface area contributed by atoms with E-state index >= 15 is 0 Å². The van der Waals surface area contributed by atoms with Crippen molar-refractivity contribution in [3.05, 3.63) is 23.3 Å². The van der Waals surface area contributed by atoms with Crippen molar-refractivity contribution in [1.82, 2.24) is 0 Å². The van der Waals surface area contributed by atoms with Gasteiger partial charge in [0.2, 0.25) is 0 Å². The van der Waals surface area contributed by atoms with Gasteiger partial charge in [-0.2, -0.15) is 0 Å². The first-order valence-corrected chi connectivity index (χ1v) is 12.4. The van der Waals surface area contributed by atoms with Gasteiger partial charge in [0.25, 0.3) is 0 Å². The molecular formula is C27H44O2. The Labute approximate surface area is 178 Å². The van der Waals surface area contributed by atoms with E-state index in [2.05, 4.69) is 46.8 Å². The van der Waals surface area contributed by atoms with Crippen LogP contribution >= 0.6 is 0 Å². The number of hydrogen-bond donors (Lipinski definition) is 2. The molecule has 3 saturated carbocycles. The second kappa shape index (κ2) is 7.83. The molecule has 2 N–H and O–H groups in total. The molecule has 0 bridgehead atoms. The average molecular weight is 401 g/mol. The van der Waals surface area contributed by atoms with Crippen LogP contribution in [0.15, 0.2) is 23.3 Å². The van der Waals surface area contributed by atoms with E-state index in [1.165, 1.54) is 43.3 Å². The molecule has 2 nitrogen and oxygen atoms in total. The Morgan fingerprint density at radius 1 is 1.17 bits per heavy atom. The first-order valence-electron chi connectivity index (χ1n) is 12.4. The number of fused-ring (bicyclic) bond motifs is 5. The van der Waals surface area contributed by atoms with Crippen molar-refractivity contribution < 1.29 is 10.2 Å². The molecule has 0 aliphatic heterocycles. The van der Waals surface area contributed by atoms with Gasteiger partial charge in [-0.1, -0.05) is 44.1 Å². The van der Waals surface area contributed by atoms with Gasteiger partial charge in [-0.15, -0.1) is 0 Å². The molecule has 4 rings (SSSR count). The first-order chi connectivity index (χ1) is 13.7. The fourth-order valence-electron chi connectivity index (χ4n) is 8.40. The van der Waals surface area contributed by atoms with Crippen LogP contribution in [0.2, 0.25) is 0 Å². The highest BCUT2D eigenvalue weighted by Gasteiger charge is 2.62. The van der Waals surface area contributed by atoms with Gasteiger partial charge in [-0.25, -0.2) is 0 Å². The van der Waals surface area contributed by atoms with Crippen LogP contribution in [0, 0.1) is 40.4 Å². The monoisotopic (exact) mass is 400 g/mol. The van der Waals surface area contributed by atoms with Crippen LogP contribution in [-0.4, -0.2) is 22.4 Å². The molecule has 164 valence electrons. The molecule has 4 aliphatic rings. The maximum atomic E-state index is 11.6. The zero-order valence-corrected chi connectivity index (χ0v) is 19.5. The molecule has 3 fully saturated rings. The smallest absolute Gasteiger partial charge is 0.0602 e. The van der Waals surface area contributed by atoms with E-state index in [1.807, 2.05) is 0 Å². The van der Waals surface area contributed by atoms with Crippen molar-refractivity contribution in [2.24, 2.45) is 40.4 Å². The van der Waals surface area contributed by atoms with E-state index in [4.69, 9.17) is 0 Å². The maximum absolute atomic E-state index is 11.6. The van der Waals surface area contributed by atoms with Crippen molar-refractivity contribution >= 4 is 0 Å². The largest absolute Gasteiger partial charge is 0.393 e. The molecule has 0 saturated heterocycles. The highest BCUT2D eigenvalue weighted by atomic mass is 16.3. The zero-order valence-electron chi connectivity index (χ0n) is 19.5. The van der Waals surface area contributed by atoms with Gasteiger partial charge in [0, 0.05) is 0 Å². The van der Waals surface area contributed by atoms with Crippen molar-refractivity contribution in [1.29, 1.82) is 0 Å². The lowest BCUT2D eigenvalue weighted by molar-refractivity contribution is -0.136. The van der Waals surface area contributed by atoms with E-state index < -0.39 is 0 Å². The number of aliphatic hydroxyl groups is 2. The second-order valence-corrected chi connectivity index (χ2v) is 11.8. The minimum Gasteiger partial charge on any atom is -0.393 e. The molecule has 29 heavy (non-hydrogen) atoms. The summed E-state index contributed by atoms with van der Waals surface area (Å²) in [5, 5.41) is 21.8. The molecule has 0 spiro atoms. The molecule has 0 heterocycles. The molecular weight excluding hydrogens is 356 g/mol. The number of hydrogen-bond acceptors (Lipinski definition) is 2. The summed E-state index contributed by atoms with van der Waals surface area (Å²) in [4.78, 5) is 0. The Morgan fingerprint density at radius 3 is 2.66 bits per heavy atom. The molecule has 9 atom stereocenters. The van der Waals surface area contributed by atoms with Crippen molar-refractivity contribution in [2.45, 2.75) is 105 Å². The van der Waals surface area contributed by atoms with E-state index in [1.54, 1.807) is 0 Å². The van der Waals surface area contributed by atoms with E-state index in [9.17, 15) is 10.2 Å². The van der Waals surface area contributed by atoms with Gasteiger partial charge in [0.05, 0.1) is 12.2 Å². The van der Waals surface area contributed by atoms with Crippen LogP contribution in [0.4, 0.5) is 0 Å². The lowest BCUT2D eigenvalue weighted by Gasteiger charge is -2.60. The van der Waals surface area contributed by atoms with E-state index in [-0.39, 0.29) is 23.0 Å². The minimum atomic E-state index is -0.171. The summed E-state index contributed by atoms with van der Waals surface area (Å²) in [5.74, 6) is 3.32. The SMILES string of the molecule is CC(C)=CCC[C@@H](C)[C@H]1CC[C@H]2[C@@H]3CC=C4C[C@@H](O)CC[C@]4(C)[C@H]3C[C@H](O)[C@]12C. The summed E-state index contributed by atoms with van der Waals surface area (Å²) in [5.41, 5.74) is 3.21. The van der Waals surface area contributed by atoms with E-state index in [0.717, 1.165) is 31.6 Å². The van der Waals surface area contributed by atoms with Crippen LogP contribution < -0.4 is 0 Å². The number of aliphatic hydroxyl groups excluding tert-OH is 2. The maximum Gasteiger partial charge on any atom is 0.0602 e. The zero-order chi connectivity index (χ0) is 21.0. The Bertz CT molecular complexity index is 674. The lowest BCUT2D eigenvalue weighted by Crippen LogP contribution is -2.56. The van der Waals surface area contributed by atoms with Gasteiger partial charge in [0.1, 0.15) is 0 Å². The standard InChI is InChI=1S/C27H44O2/c1-17(2)7-6-8-18(3)22-11-12-23-21-10-9-19-15-20(28)13-14-26(19,4)24(21)16-25(29)27(22,23)5/h7,9,18,20-25,28-29H,6,8,10-16H2,1-5H3/t18-,20+,21+,22-,23+,24+,25+,26+,27-/m1/s1. The quantitative estimate of drug-likeness (QED) is 0.545. The van der Waals surface area contributed by atoms with Crippen LogP contribution in [0.25, 0.3) is 0 Å². The Hall–Kier alpha value is -0.600. The van der Waals surface area contributed by atoms with Gasteiger partial charge in [-0.05, 0) is 112 Å². The van der Waals surface area contributed by atoms with Crippen LogP contribution in [-0.2, 0) is 0 Å². The predicted molar refractivity (Wildman–Crippen MR) is 120 cm³/mol. The topological polar surface area (TPSA) is 40.5 Å². The fourth-order valence-corrected chi connectivity index (χ4v) is 8.40. The molecule has 0 radical (unpaired) electrons. The summed E-state index contributed by atoms with van der Waals surface area (Å²) in [6.45, 7) is 11.7. The normalized spacial score (nSPS) is 47.5. The highest BCUT2D eigenvalue weighted by Crippen LogP contribution is 2.67. The Balaban J connectivity index is 1.56. The van der Waals surface area contributed by atoms with Gasteiger partial charge in [0.15, 0.2) is 0 Å². The lowest BCUT2D eigenvalue weighted by atomic mass is 9.46. The average Bonchev–Trinajstić information content (AvgIpc) is 3.02. The third-order valence-corrected chi connectivity index (χ3v) is 10.1. The van der Waals surface area contributed by atoms with Crippen LogP contribution in [0.5, 0.6) is 0 Å². The molecule has 0 unspecified atom stereocenters. The summed E-state index contributed by atoms with van der Waals surface area (Å²) >= 11 is 0. The third-order valence-electron chi connectivity index (χ3n) is 10.1. The number of rotatable bonds is 4. The molecule has 0 aromatic heterocycles. The first kappa shape index (κ1) is 21.6. The molecule has 0 amide bonds.